The minimum atomic E-state index is -1.05. The molecule has 11 nitrogen and oxygen atoms in total. The summed E-state index contributed by atoms with van der Waals surface area (Å²) >= 11 is 0. The molecular formula is C31H36N8O3. The smallest absolute Gasteiger partial charge is 0.264 e. The van der Waals surface area contributed by atoms with E-state index in [2.05, 4.69) is 32.4 Å². The lowest BCUT2D eigenvalue weighted by Crippen LogP contribution is -2.50. The fraction of sp³-hybridized carbons (Fsp3) is 0.452. The zero-order valence-electron chi connectivity index (χ0n) is 23.8. The topological polar surface area (TPSA) is 121 Å². The Balaban J connectivity index is 1.05. The summed E-state index contributed by atoms with van der Waals surface area (Å²) in [7, 11) is 2.00. The minimum Gasteiger partial charge on any atom is -0.388 e. The van der Waals surface area contributed by atoms with Crippen LogP contribution in [-0.2, 0) is 11.3 Å². The van der Waals surface area contributed by atoms with Crippen LogP contribution in [0.5, 0.6) is 0 Å². The fourth-order valence-electron chi connectivity index (χ4n) is 6.20. The summed E-state index contributed by atoms with van der Waals surface area (Å²) in [5.74, 6) is 1.37. The van der Waals surface area contributed by atoms with E-state index < -0.39 is 5.60 Å². The Morgan fingerprint density at radius 1 is 1.00 bits per heavy atom. The summed E-state index contributed by atoms with van der Waals surface area (Å²) in [6, 6.07) is 12.6. The number of piperidine rings is 1. The van der Waals surface area contributed by atoms with E-state index in [4.69, 9.17) is 4.98 Å². The third-order valence-corrected chi connectivity index (χ3v) is 9.07. The van der Waals surface area contributed by atoms with E-state index in [9.17, 15) is 14.7 Å². The van der Waals surface area contributed by atoms with Gasteiger partial charge in [0.05, 0.1) is 24.0 Å². The van der Waals surface area contributed by atoms with Gasteiger partial charge in [-0.2, -0.15) is 5.10 Å². The average molecular weight is 569 g/mol. The number of aliphatic hydroxyl groups is 1. The third kappa shape index (κ3) is 5.07. The molecular weight excluding hydrogens is 532 g/mol. The second-order valence-electron chi connectivity index (χ2n) is 12.0. The molecule has 1 aromatic carbocycles. The van der Waals surface area contributed by atoms with Crippen molar-refractivity contribution in [1.29, 1.82) is 0 Å². The number of carbonyl (C=O) groups is 1. The van der Waals surface area contributed by atoms with Crippen LogP contribution in [0.25, 0.3) is 27.8 Å². The van der Waals surface area contributed by atoms with Crippen LogP contribution in [0.3, 0.4) is 0 Å². The molecule has 2 N–H and O–H groups in total. The second-order valence-corrected chi connectivity index (χ2v) is 12.0. The number of nitrogens with one attached hydrogen (secondary N) is 1. The molecule has 2 saturated heterocycles. The number of hydrogen-bond acceptors (Lipinski definition) is 8. The van der Waals surface area contributed by atoms with Gasteiger partial charge in [-0.1, -0.05) is 12.1 Å². The van der Waals surface area contributed by atoms with Gasteiger partial charge in [-0.15, -0.1) is 0 Å². The van der Waals surface area contributed by atoms with Crippen LogP contribution < -0.4 is 15.8 Å². The lowest BCUT2D eigenvalue weighted by atomic mass is 9.91. The molecule has 4 aromatic rings. The molecule has 0 spiro atoms. The van der Waals surface area contributed by atoms with Crippen molar-refractivity contribution in [3.8, 4) is 16.8 Å². The summed E-state index contributed by atoms with van der Waals surface area (Å²) in [6.07, 6.45) is 8.88. The second kappa shape index (κ2) is 10.6. The highest BCUT2D eigenvalue weighted by Crippen LogP contribution is 2.33. The molecule has 1 aliphatic carbocycles. The summed E-state index contributed by atoms with van der Waals surface area (Å²) in [5, 5.41) is 19.4. The van der Waals surface area contributed by atoms with Crippen molar-refractivity contribution in [2.24, 2.45) is 5.92 Å². The molecule has 11 heteroatoms. The zero-order valence-corrected chi connectivity index (χ0v) is 23.8. The summed E-state index contributed by atoms with van der Waals surface area (Å²) < 4.78 is 3.13. The molecule has 1 atom stereocenters. The third-order valence-electron chi connectivity index (χ3n) is 9.07. The van der Waals surface area contributed by atoms with Gasteiger partial charge in [-0.3, -0.25) is 14.2 Å². The van der Waals surface area contributed by atoms with Gasteiger partial charge in [-0.25, -0.2) is 14.6 Å². The van der Waals surface area contributed by atoms with Crippen LogP contribution in [0, 0.1) is 5.92 Å². The molecule has 3 fully saturated rings. The molecule has 0 radical (unpaired) electrons. The molecule has 7 rings (SSSR count). The Morgan fingerprint density at radius 3 is 2.43 bits per heavy atom. The van der Waals surface area contributed by atoms with Gasteiger partial charge in [0.25, 0.3) is 5.56 Å². The van der Waals surface area contributed by atoms with Crippen LogP contribution in [0.1, 0.15) is 32.1 Å². The van der Waals surface area contributed by atoms with Crippen molar-refractivity contribution in [2.75, 3.05) is 38.1 Å². The van der Waals surface area contributed by atoms with Crippen LogP contribution in [0.2, 0.25) is 0 Å². The van der Waals surface area contributed by atoms with E-state index in [-0.39, 0.29) is 23.9 Å². The number of amides is 1. The standard InChI is InChI=1S/C31H36N8O3/c1-32-24-10-13-37(18-24)27-9-6-23(16-33-27)21-4-7-25(8-5-21)39-28-26(17-35-39)30(41)38(20-34-28)19-31(42)11-14-36(15-12-31)29(40)22-2-3-22/h4-9,16-17,20,22,24,32,42H,2-3,10-15,18-19H2,1H3/t24-/m0/s1. The quantitative estimate of drug-likeness (QED) is 0.348. The highest BCUT2D eigenvalue weighted by Gasteiger charge is 2.39. The van der Waals surface area contributed by atoms with Gasteiger partial charge in [0.1, 0.15) is 17.5 Å². The summed E-state index contributed by atoms with van der Waals surface area (Å²) in [6.45, 7) is 3.14. The van der Waals surface area contributed by atoms with E-state index in [1.165, 1.54) is 17.1 Å². The van der Waals surface area contributed by atoms with Crippen LogP contribution in [0.15, 0.2) is 59.9 Å². The van der Waals surface area contributed by atoms with Crippen molar-refractivity contribution in [2.45, 2.75) is 50.3 Å². The van der Waals surface area contributed by atoms with E-state index in [0.29, 0.717) is 43.0 Å². The number of likely N-dealkylation sites (N-methyl/N-ethyl adjacent to an activating group) is 1. The highest BCUT2D eigenvalue weighted by molar-refractivity contribution is 5.81. The maximum absolute atomic E-state index is 13.3. The number of aromatic nitrogens is 5. The molecule has 0 unspecified atom stereocenters. The Labute approximate surface area is 243 Å². The predicted octanol–water partition coefficient (Wildman–Crippen LogP) is 2.21. The number of anilines is 1. The van der Waals surface area contributed by atoms with Gasteiger partial charge >= 0.3 is 0 Å². The molecule has 1 saturated carbocycles. The number of carbonyl (C=O) groups excluding carboxylic acids is 1. The molecule has 0 bridgehead atoms. The van der Waals surface area contributed by atoms with E-state index in [0.717, 1.165) is 55.0 Å². The van der Waals surface area contributed by atoms with Crippen molar-refractivity contribution in [1.82, 2.24) is 34.5 Å². The van der Waals surface area contributed by atoms with E-state index in [1.54, 1.807) is 4.68 Å². The van der Waals surface area contributed by atoms with E-state index >= 15 is 0 Å². The molecule has 42 heavy (non-hydrogen) atoms. The van der Waals surface area contributed by atoms with Crippen LogP contribution in [-0.4, -0.2) is 85.1 Å². The molecule has 218 valence electrons. The number of nitrogens with zero attached hydrogens (tertiary/aromatic N) is 7. The Kier molecular flexibility index (Phi) is 6.78. The van der Waals surface area contributed by atoms with Crippen molar-refractivity contribution < 1.29 is 9.90 Å². The number of pyridine rings is 1. The SMILES string of the molecule is CN[C@H]1CCN(c2ccc(-c3ccc(-n4ncc5c(=O)n(CC6(O)CCN(C(=O)C7CC7)CC6)cnc54)cc3)cn2)C1. The summed E-state index contributed by atoms with van der Waals surface area (Å²) in [4.78, 5) is 39.1. The lowest BCUT2D eigenvalue weighted by molar-refractivity contribution is -0.137. The first-order valence-corrected chi connectivity index (χ1v) is 14.8. The Morgan fingerprint density at radius 2 is 1.76 bits per heavy atom. The van der Waals surface area contributed by atoms with Gasteiger partial charge in [0, 0.05) is 49.9 Å². The van der Waals surface area contributed by atoms with Gasteiger partial charge in [0.15, 0.2) is 5.65 Å². The fourth-order valence-corrected chi connectivity index (χ4v) is 6.20. The number of hydrogen-bond donors (Lipinski definition) is 2. The Hall–Kier alpha value is -4.09. The first-order chi connectivity index (χ1) is 20.4. The molecule has 5 heterocycles. The largest absolute Gasteiger partial charge is 0.388 e. The van der Waals surface area contributed by atoms with Gasteiger partial charge in [-0.05, 0) is 69.0 Å². The minimum absolute atomic E-state index is 0.140. The zero-order chi connectivity index (χ0) is 28.8. The van der Waals surface area contributed by atoms with Crippen LogP contribution >= 0.6 is 0 Å². The van der Waals surface area contributed by atoms with Crippen LogP contribution in [0.4, 0.5) is 5.82 Å². The normalized spacial score (nSPS) is 20.4. The summed E-state index contributed by atoms with van der Waals surface area (Å²) in [5.41, 5.74) is 2.04. The maximum atomic E-state index is 13.3. The van der Waals surface area contributed by atoms with Gasteiger partial charge in [0.2, 0.25) is 5.91 Å². The lowest BCUT2D eigenvalue weighted by Gasteiger charge is -2.38. The molecule has 1 amide bonds. The van der Waals surface area contributed by atoms with Gasteiger partial charge < -0.3 is 20.2 Å². The first-order valence-electron chi connectivity index (χ1n) is 14.8. The van der Waals surface area contributed by atoms with Crippen molar-refractivity contribution in [3.63, 3.8) is 0 Å². The molecule has 2 aliphatic heterocycles. The first kappa shape index (κ1) is 26.8. The van der Waals surface area contributed by atoms with E-state index in [1.807, 2.05) is 42.4 Å². The average Bonchev–Trinajstić information content (AvgIpc) is 3.59. The maximum Gasteiger partial charge on any atom is 0.264 e. The predicted molar refractivity (Wildman–Crippen MR) is 160 cm³/mol. The highest BCUT2D eigenvalue weighted by atomic mass is 16.3. The molecule has 3 aromatic heterocycles. The van der Waals surface area contributed by atoms with Crippen molar-refractivity contribution >= 4 is 22.8 Å². The number of benzene rings is 1. The van der Waals surface area contributed by atoms with Crippen molar-refractivity contribution in [3.05, 3.63) is 65.5 Å². The number of fused-ring (bicyclic) bond motifs is 1. The number of rotatable bonds is 7. The Bertz CT molecular complexity index is 1650. The monoisotopic (exact) mass is 568 g/mol. The number of likely N-dealkylation sites (tertiary alicyclic amines) is 1. The molecule has 3 aliphatic rings.